The van der Waals surface area contributed by atoms with Crippen molar-refractivity contribution in [1.29, 1.82) is 0 Å². The lowest BCUT2D eigenvalue weighted by atomic mass is 10.1. The van der Waals surface area contributed by atoms with Crippen LogP contribution in [-0.4, -0.2) is 65.5 Å². The third kappa shape index (κ3) is 5.18. The van der Waals surface area contributed by atoms with Crippen molar-refractivity contribution in [3.63, 3.8) is 0 Å². The summed E-state index contributed by atoms with van der Waals surface area (Å²) in [5, 5.41) is 5.20. The highest BCUT2D eigenvalue weighted by atomic mass is 16.6. The Kier molecular flexibility index (Phi) is 8.59. The fourth-order valence-corrected chi connectivity index (χ4v) is 3.61. The number of amides is 4. The zero-order valence-electron chi connectivity index (χ0n) is 19.3. The van der Waals surface area contributed by atoms with Crippen LogP contribution >= 0.6 is 0 Å². The summed E-state index contributed by atoms with van der Waals surface area (Å²) in [6, 6.07) is 6.39. The third-order valence-corrected chi connectivity index (χ3v) is 5.12. The first-order chi connectivity index (χ1) is 15.2. The van der Waals surface area contributed by atoms with Crippen LogP contribution in [0.15, 0.2) is 24.3 Å². The molecule has 2 unspecified atom stereocenters. The quantitative estimate of drug-likeness (QED) is 0.417. The maximum Gasteiger partial charge on any atom is 0.410 e. The van der Waals surface area contributed by atoms with Crippen LogP contribution in [0, 0.1) is 0 Å². The summed E-state index contributed by atoms with van der Waals surface area (Å²) in [6.45, 7) is 9.54. The average Bonchev–Trinajstić information content (AvgIpc) is 3.02. The van der Waals surface area contributed by atoms with Gasteiger partial charge in [0.15, 0.2) is 6.23 Å². The van der Waals surface area contributed by atoms with Gasteiger partial charge in [-0.1, -0.05) is 32.9 Å². The van der Waals surface area contributed by atoms with Gasteiger partial charge in [0.25, 0.3) is 17.7 Å². The van der Waals surface area contributed by atoms with Crippen LogP contribution in [0.5, 0.6) is 0 Å². The second-order valence-corrected chi connectivity index (χ2v) is 7.46. The van der Waals surface area contributed by atoms with Crippen LogP contribution in [0.25, 0.3) is 0 Å². The van der Waals surface area contributed by atoms with E-state index in [9.17, 15) is 19.2 Å². The van der Waals surface area contributed by atoms with E-state index in [1.807, 2.05) is 13.8 Å². The maximum absolute atomic E-state index is 13.2. The van der Waals surface area contributed by atoms with Gasteiger partial charge in [0.2, 0.25) is 0 Å². The molecule has 0 aromatic heterocycles. The molecule has 0 fully saturated rings. The molecule has 1 aliphatic heterocycles. The number of ether oxygens (including phenoxy) is 2. The second-order valence-electron chi connectivity index (χ2n) is 7.46. The lowest BCUT2D eigenvalue weighted by molar-refractivity contribution is -0.209. The molecule has 2 rings (SSSR count). The molecule has 2 N–H and O–H groups in total. The molecule has 0 radical (unpaired) electrons. The van der Waals surface area contributed by atoms with E-state index in [0.29, 0.717) is 19.5 Å². The number of hydrogen-bond donors (Lipinski definition) is 2. The summed E-state index contributed by atoms with van der Waals surface area (Å²) in [6.07, 6.45) is -0.975. The molecule has 0 bridgehead atoms. The summed E-state index contributed by atoms with van der Waals surface area (Å²) in [5.74, 6) is -3.06. The summed E-state index contributed by atoms with van der Waals surface area (Å²) < 4.78 is 11.1. The smallest absolute Gasteiger partial charge is 0.410 e. The number of fused-ring (bicyclic) bond motifs is 1. The molecule has 0 saturated carbocycles. The second kappa shape index (κ2) is 10.9. The fourth-order valence-electron chi connectivity index (χ4n) is 3.61. The van der Waals surface area contributed by atoms with Crippen LogP contribution in [0.3, 0.4) is 0 Å². The zero-order valence-corrected chi connectivity index (χ0v) is 19.3. The molecule has 10 heteroatoms. The van der Waals surface area contributed by atoms with Gasteiger partial charge in [-0.2, -0.15) is 0 Å². The summed E-state index contributed by atoms with van der Waals surface area (Å²) >= 11 is 0. The van der Waals surface area contributed by atoms with Crippen molar-refractivity contribution in [3.05, 3.63) is 35.4 Å². The molecule has 4 amide bonds. The first kappa shape index (κ1) is 25.1. The van der Waals surface area contributed by atoms with E-state index < -0.39 is 36.1 Å². The summed E-state index contributed by atoms with van der Waals surface area (Å²) in [7, 11) is 0. The normalized spacial score (nSPS) is 15.8. The number of rotatable bonds is 10. The topological polar surface area (TPSA) is 117 Å². The van der Waals surface area contributed by atoms with Gasteiger partial charge in [-0.3, -0.25) is 9.59 Å². The molecule has 1 aliphatic rings. The molecule has 176 valence electrons. The van der Waals surface area contributed by atoms with Gasteiger partial charge in [0.05, 0.1) is 11.1 Å². The van der Waals surface area contributed by atoms with Gasteiger partial charge in [-0.15, -0.1) is 0 Å². The largest absolute Gasteiger partial charge is 0.430 e. The van der Waals surface area contributed by atoms with Gasteiger partial charge in [-0.05, 0) is 31.9 Å². The number of nitrogens with zero attached hydrogens (tertiary/aromatic N) is 2. The predicted octanol–water partition coefficient (Wildman–Crippen LogP) is 2.90. The van der Waals surface area contributed by atoms with Gasteiger partial charge in [0, 0.05) is 26.6 Å². The highest BCUT2D eigenvalue weighted by Gasteiger charge is 2.53. The molecule has 1 heterocycles. The first-order valence-corrected chi connectivity index (χ1v) is 10.9. The first-order valence-electron chi connectivity index (χ1n) is 10.9. The Morgan fingerprint density at radius 2 is 1.50 bits per heavy atom. The van der Waals surface area contributed by atoms with Crippen LogP contribution in [0.2, 0.25) is 0 Å². The van der Waals surface area contributed by atoms with Gasteiger partial charge < -0.3 is 20.1 Å². The number of nitrogens with one attached hydrogen (secondary N) is 2. The monoisotopic (exact) mass is 448 g/mol. The van der Waals surface area contributed by atoms with E-state index in [-0.39, 0.29) is 17.7 Å². The van der Waals surface area contributed by atoms with E-state index in [1.54, 1.807) is 38.1 Å². The molecule has 32 heavy (non-hydrogen) atoms. The van der Waals surface area contributed by atoms with Crippen molar-refractivity contribution >= 4 is 24.0 Å². The number of carbonyl (C=O) groups is 4. The number of benzene rings is 1. The van der Waals surface area contributed by atoms with Gasteiger partial charge in [0.1, 0.15) is 0 Å². The minimum Gasteiger partial charge on any atom is -0.430 e. The van der Waals surface area contributed by atoms with Crippen molar-refractivity contribution in [2.45, 2.75) is 59.5 Å². The molecule has 2 atom stereocenters. The van der Waals surface area contributed by atoms with E-state index >= 15 is 0 Å². The lowest BCUT2D eigenvalue weighted by Gasteiger charge is -2.45. The Bertz CT molecular complexity index is 826. The Morgan fingerprint density at radius 1 is 1.00 bits per heavy atom. The molecule has 10 nitrogen and oxygen atoms in total. The van der Waals surface area contributed by atoms with E-state index in [0.717, 1.165) is 11.3 Å². The summed E-state index contributed by atoms with van der Waals surface area (Å²) in [4.78, 5) is 53.4. The fraction of sp³-hybridized carbons (Fsp3) is 0.545. The molecule has 0 aliphatic carbocycles. The van der Waals surface area contributed by atoms with Gasteiger partial charge in [-0.25, -0.2) is 19.4 Å². The number of hydrogen-bond acceptors (Lipinski definition) is 7. The minimum atomic E-state index is -1.86. The van der Waals surface area contributed by atoms with E-state index in [1.165, 1.54) is 11.8 Å². The standard InChI is InChI=1S/C22H32N4O6/c1-6-13-23-20(29)31-15(4)25(8-3)22(5,32-21(30)24-14-7-2)26-18(27)16-11-9-10-12-17(16)19(26)28/h9-12,15H,6-8,13-14H2,1-5H3,(H,23,29)(H,24,30). The molecular weight excluding hydrogens is 416 g/mol. The molecule has 0 saturated heterocycles. The molecular formula is C22H32N4O6. The van der Waals surface area contributed by atoms with Crippen molar-refractivity contribution < 1.29 is 28.7 Å². The van der Waals surface area contributed by atoms with Crippen molar-refractivity contribution in [3.8, 4) is 0 Å². The SMILES string of the molecule is CCCNC(=O)OC(C)N(CC)C(C)(OC(=O)NCCC)N1C(=O)c2ccccc2C1=O. The van der Waals surface area contributed by atoms with Gasteiger partial charge >= 0.3 is 12.2 Å². The molecule has 1 aromatic carbocycles. The number of carbonyl (C=O) groups excluding carboxylic acids is 4. The summed E-state index contributed by atoms with van der Waals surface area (Å²) in [5.41, 5.74) is 0.429. The Morgan fingerprint density at radius 3 is 1.97 bits per heavy atom. The molecule has 0 spiro atoms. The highest BCUT2D eigenvalue weighted by Crippen LogP contribution is 2.34. The third-order valence-electron chi connectivity index (χ3n) is 5.12. The minimum absolute atomic E-state index is 0.202. The Balaban J connectivity index is 2.42. The maximum atomic E-state index is 13.2. The molecule has 1 aromatic rings. The van der Waals surface area contributed by atoms with E-state index in [4.69, 9.17) is 9.47 Å². The Labute approximate surface area is 188 Å². The average molecular weight is 449 g/mol. The number of alkyl carbamates (subject to hydrolysis) is 2. The van der Waals surface area contributed by atoms with E-state index in [2.05, 4.69) is 10.6 Å². The van der Waals surface area contributed by atoms with Crippen molar-refractivity contribution in [2.75, 3.05) is 19.6 Å². The van der Waals surface area contributed by atoms with Crippen LogP contribution in [0.1, 0.15) is 68.2 Å². The predicted molar refractivity (Wildman–Crippen MR) is 117 cm³/mol. The van der Waals surface area contributed by atoms with Crippen LogP contribution in [0.4, 0.5) is 9.59 Å². The lowest BCUT2D eigenvalue weighted by Crippen LogP contribution is -2.66. The Hall–Kier alpha value is -3.14. The van der Waals surface area contributed by atoms with Crippen molar-refractivity contribution in [2.24, 2.45) is 0 Å². The van der Waals surface area contributed by atoms with Crippen molar-refractivity contribution in [1.82, 2.24) is 20.4 Å². The van der Waals surface area contributed by atoms with Crippen LogP contribution in [-0.2, 0) is 9.47 Å². The zero-order chi connectivity index (χ0) is 23.9. The van der Waals surface area contributed by atoms with Crippen LogP contribution < -0.4 is 10.6 Å². The highest BCUT2D eigenvalue weighted by molar-refractivity contribution is 6.21. The number of imide groups is 1.